The molecule has 9 heteroatoms. The number of furan rings is 1. The zero-order valence-corrected chi connectivity index (χ0v) is 18.2. The molecule has 4 aromatic heterocycles. The molecule has 2 unspecified atom stereocenters. The maximum Gasteiger partial charge on any atom is 0.196 e. The average molecular weight is 471 g/mol. The van der Waals surface area contributed by atoms with Gasteiger partial charge in [-0.25, -0.2) is 9.97 Å². The van der Waals surface area contributed by atoms with Crippen molar-refractivity contribution in [2.75, 3.05) is 24.5 Å². The molecule has 4 aromatic rings. The second kappa shape index (κ2) is 6.72. The summed E-state index contributed by atoms with van der Waals surface area (Å²) in [6.45, 7) is 5.26. The number of pyridine rings is 1. The van der Waals surface area contributed by atoms with Gasteiger partial charge in [-0.1, -0.05) is 6.92 Å². The first-order valence-electron chi connectivity index (χ1n) is 9.77. The van der Waals surface area contributed by atoms with Gasteiger partial charge in [-0.3, -0.25) is 4.98 Å². The van der Waals surface area contributed by atoms with Crippen LogP contribution in [-0.2, 0) is 6.42 Å². The molecule has 0 radical (unpaired) electrons. The number of aromatic amines is 1. The molecule has 0 aromatic carbocycles. The van der Waals surface area contributed by atoms with E-state index in [1.165, 1.54) is 11.8 Å². The van der Waals surface area contributed by atoms with Crippen molar-refractivity contribution in [1.29, 1.82) is 0 Å². The van der Waals surface area contributed by atoms with Crippen molar-refractivity contribution in [3.8, 4) is 0 Å². The first-order valence-corrected chi connectivity index (χ1v) is 11.4. The van der Waals surface area contributed by atoms with E-state index in [1.54, 1.807) is 6.26 Å². The third kappa shape index (κ3) is 2.86. The molecule has 148 valence electrons. The molecule has 2 aliphatic heterocycles. The molecular formula is C20H19BrN6OS. The number of fused-ring (bicyclic) bond motifs is 3. The van der Waals surface area contributed by atoms with Crippen molar-refractivity contribution in [2.24, 2.45) is 5.92 Å². The largest absolute Gasteiger partial charge is 0.463 e. The lowest BCUT2D eigenvalue weighted by Gasteiger charge is -2.29. The molecule has 0 spiro atoms. The van der Waals surface area contributed by atoms with E-state index in [0.717, 1.165) is 69.1 Å². The van der Waals surface area contributed by atoms with E-state index >= 15 is 0 Å². The first kappa shape index (κ1) is 17.7. The van der Waals surface area contributed by atoms with Crippen molar-refractivity contribution < 1.29 is 4.42 Å². The van der Waals surface area contributed by atoms with Crippen molar-refractivity contribution in [3.63, 3.8) is 0 Å². The topological polar surface area (TPSA) is 82.9 Å². The number of aryl methyl sites for hydroxylation is 1. The molecule has 0 saturated carbocycles. The van der Waals surface area contributed by atoms with Gasteiger partial charge in [0, 0.05) is 54.4 Å². The predicted molar refractivity (Wildman–Crippen MR) is 117 cm³/mol. The molecule has 0 bridgehead atoms. The quantitative estimate of drug-likeness (QED) is 0.436. The van der Waals surface area contributed by atoms with Crippen LogP contribution in [0, 0.1) is 5.92 Å². The van der Waals surface area contributed by atoms with E-state index in [1.807, 2.05) is 18.3 Å². The summed E-state index contributed by atoms with van der Waals surface area (Å²) in [7, 11) is 0. The van der Waals surface area contributed by atoms with Gasteiger partial charge in [-0.2, -0.15) is 0 Å². The van der Waals surface area contributed by atoms with Gasteiger partial charge in [0.1, 0.15) is 17.0 Å². The van der Waals surface area contributed by atoms with E-state index in [0.29, 0.717) is 17.1 Å². The van der Waals surface area contributed by atoms with Crippen LogP contribution in [0.1, 0.15) is 12.6 Å². The van der Waals surface area contributed by atoms with Crippen LogP contribution >= 0.6 is 27.7 Å². The monoisotopic (exact) mass is 470 g/mol. The van der Waals surface area contributed by atoms with Crippen LogP contribution in [0.2, 0.25) is 0 Å². The van der Waals surface area contributed by atoms with Crippen LogP contribution in [0.5, 0.6) is 0 Å². The Hall–Kier alpha value is -2.10. The van der Waals surface area contributed by atoms with Gasteiger partial charge in [0.2, 0.25) is 0 Å². The predicted octanol–water partition coefficient (Wildman–Crippen LogP) is 3.98. The normalized spacial score (nSPS) is 21.1. The average Bonchev–Trinajstić information content (AvgIpc) is 3.38. The minimum Gasteiger partial charge on any atom is -0.463 e. The molecule has 2 atom stereocenters. The summed E-state index contributed by atoms with van der Waals surface area (Å²) in [5.41, 5.74) is 3.65. The highest BCUT2D eigenvalue weighted by molar-refractivity contribution is 9.10. The molecule has 6 rings (SSSR count). The molecule has 29 heavy (non-hydrogen) atoms. The van der Waals surface area contributed by atoms with Crippen LogP contribution < -0.4 is 10.2 Å². The van der Waals surface area contributed by atoms with Crippen LogP contribution in [0.4, 0.5) is 5.82 Å². The summed E-state index contributed by atoms with van der Waals surface area (Å²) in [5.74, 6) is 1.72. The van der Waals surface area contributed by atoms with Gasteiger partial charge in [0.15, 0.2) is 10.7 Å². The summed E-state index contributed by atoms with van der Waals surface area (Å²) in [6, 6.07) is 4.43. The van der Waals surface area contributed by atoms with Gasteiger partial charge in [-0.05, 0) is 40.2 Å². The number of halogens is 1. The maximum absolute atomic E-state index is 5.49. The fourth-order valence-corrected chi connectivity index (χ4v) is 5.70. The van der Waals surface area contributed by atoms with Gasteiger partial charge >= 0.3 is 0 Å². The Bertz CT molecular complexity index is 1220. The van der Waals surface area contributed by atoms with Gasteiger partial charge < -0.3 is 19.6 Å². The van der Waals surface area contributed by atoms with Gasteiger partial charge in [0.25, 0.3) is 0 Å². The Morgan fingerprint density at radius 2 is 2.28 bits per heavy atom. The standard InChI is InChI=1S/C20H19BrN6OS/c1-2-12-17(21)16-18(24-12)25-20(26-19(16)27-8-10-6-22-14(10)9-27)29-11-5-15-13(23-7-11)3-4-28-15/h3-5,7,10,14,22H,2,6,8-9H2,1H3,(H,24,25,26). The van der Waals surface area contributed by atoms with Crippen molar-refractivity contribution in [1.82, 2.24) is 25.3 Å². The second-order valence-electron chi connectivity index (χ2n) is 7.58. The number of aromatic nitrogens is 4. The maximum atomic E-state index is 5.49. The molecule has 2 aliphatic rings. The Kier molecular flexibility index (Phi) is 4.11. The summed E-state index contributed by atoms with van der Waals surface area (Å²) in [4.78, 5) is 21.1. The number of nitrogens with one attached hydrogen (secondary N) is 2. The summed E-state index contributed by atoms with van der Waals surface area (Å²) < 4.78 is 6.57. The lowest BCUT2D eigenvalue weighted by Crippen LogP contribution is -2.51. The van der Waals surface area contributed by atoms with Crippen LogP contribution in [0.15, 0.2) is 43.5 Å². The third-order valence-electron chi connectivity index (χ3n) is 5.85. The first-order chi connectivity index (χ1) is 14.2. The number of nitrogens with zero attached hydrogens (tertiary/aromatic N) is 4. The molecule has 0 aliphatic carbocycles. The summed E-state index contributed by atoms with van der Waals surface area (Å²) in [6.07, 6.45) is 4.41. The Labute approximate surface area is 179 Å². The fraction of sp³-hybridized carbons (Fsp3) is 0.350. The zero-order valence-electron chi connectivity index (χ0n) is 15.8. The molecule has 0 amide bonds. The smallest absolute Gasteiger partial charge is 0.196 e. The van der Waals surface area contributed by atoms with Crippen molar-refractivity contribution in [2.45, 2.75) is 29.4 Å². The number of rotatable bonds is 4. The zero-order chi connectivity index (χ0) is 19.5. The van der Waals surface area contributed by atoms with E-state index in [2.05, 4.69) is 43.0 Å². The lowest BCUT2D eigenvalue weighted by molar-refractivity contribution is 0.297. The molecule has 7 nitrogen and oxygen atoms in total. The lowest BCUT2D eigenvalue weighted by atomic mass is 9.96. The Morgan fingerprint density at radius 3 is 3.03 bits per heavy atom. The molecule has 2 N–H and O–H groups in total. The number of H-pyrrole nitrogens is 1. The van der Waals surface area contributed by atoms with E-state index in [9.17, 15) is 0 Å². The molecular weight excluding hydrogens is 452 g/mol. The third-order valence-corrected chi connectivity index (χ3v) is 7.55. The Morgan fingerprint density at radius 1 is 1.34 bits per heavy atom. The van der Waals surface area contributed by atoms with Gasteiger partial charge in [-0.15, -0.1) is 0 Å². The minimum atomic E-state index is 0.574. The highest BCUT2D eigenvalue weighted by Gasteiger charge is 2.40. The van der Waals surface area contributed by atoms with Crippen molar-refractivity contribution in [3.05, 3.63) is 34.8 Å². The highest BCUT2D eigenvalue weighted by atomic mass is 79.9. The van der Waals surface area contributed by atoms with Crippen molar-refractivity contribution >= 4 is 55.6 Å². The number of hydrogen-bond acceptors (Lipinski definition) is 7. The summed E-state index contributed by atoms with van der Waals surface area (Å²) in [5, 5.41) is 5.31. The fourth-order valence-electron chi connectivity index (χ4n) is 4.20. The second-order valence-corrected chi connectivity index (χ2v) is 9.42. The molecule has 6 heterocycles. The molecule has 2 saturated heterocycles. The molecule has 2 fully saturated rings. The minimum absolute atomic E-state index is 0.574. The Balaban J connectivity index is 1.44. The van der Waals surface area contributed by atoms with E-state index in [4.69, 9.17) is 14.4 Å². The van der Waals surface area contributed by atoms with Gasteiger partial charge in [0.05, 0.1) is 16.1 Å². The highest BCUT2D eigenvalue weighted by Crippen LogP contribution is 2.39. The van der Waals surface area contributed by atoms with Crippen LogP contribution in [-0.4, -0.2) is 45.6 Å². The SMILES string of the molecule is CCc1[nH]c2nc(Sc3cnc4ccoc4c3)nc(N3CC4CNC4C3)c2c1Br. The number of hydrogen-bond donors (Lipinski definition) is 2. The van der Waals surface area contributed by atoms with Crippen LogP contribution in [0.3, 0.4) is 0 Å². The van der Waals surface area contributed by atoms with E-state index in [-0.39, 0.29) is 0 Å². The summed E-state index contributed by atoms with van der Waals surface area (Å²) >= 11 is 5.30. The number of anilines is 1. The van der Waals surface area contributed by atoms with Crippen LogP contribution in [0.25, 0.3) is 22.1 Å². The van der Waals surface area contributed by atoms with E-state index < -0.39 is 0 Å².